The lowest BCUT2D eigenvalue weighted by atomic mass is 10.1. The number of hydrogen-bond donors (Lipinski definition) is 1. The number of benzene rings is 2. The molecule has 2 aromatic rings. The molecule has 0 fully saturated rings. The highest BCUT2D eigenvalue weighted by Crippen LogP contribution is 2.33. The van der Waals surface area contributed by atoms with E-state index < -0.39 is 0 Å². The fourth-order valence-electron chi connectivity index (χ4n) is 2.39. The smallest absolute Gasteiger partial charge is 0.162 e. The van der Waals surface area contributed by atoms with Gasteiger partial charge in [0.25, 0.3) is 0 Å². The molecule has 0 spiro atoms. The summed E-state index contributed by atoms with van der Waals surface area (Å²) in [6.07, 6.45) is 0.940. The van der Waals surface area contributed by atoms with Gasteiger partial charge in [0, 0.05) is 17.6 Å². The third kappa shape index (κ3) is 5.05. The first-order valence-electron chi connectivity index (χ1n) is 8.00. The van der Waals surface area contributed by atoms with E-state index in [4.69, 9.17) is 25.8 Å². The Bertz CT molecular complexity index is 644. The maximum absolute atomic E-state index is 6.33. The summed E-state index contributed by atoms with van der Waals surface area (Å²) in [5.41, 5.74) is 2.25. The summed E-state index contributed by atoms with van der Waals surface area (Å²) in [7, 11) is 3.30. The molecule has 1 N–H and O–H groups in total. The van der Waals surface area contributed by atoms with Crippen LogP contribution < -0.4 is 19.5 Å². The van der Waals surface area contributed by atoms with E-state index >= 15 is 0 Å². The lowest BCUT2D eigenvalue weighted by molar-refractivity contribution is 0.310. The van der Waals surface area contributed by atoms with E-state index in [1.807, 2.05) is 31.2 Å². The lowest BCUT2D eigenvalue weighted by Crippen LogP contribution is -2.17. The molecular weight excluding hydrogens is 326 g/mol. The van der Waals surface area contributed by atoms with Gasteiger partial charge in [-0.1, -0.05) is 23.7 Å². The number of halogens is 1. The van der Waals surface area contributed by atoms with Crippen LogP contribution in [0.25, 0.3) is 0 Å². The molecule has 0 heterocycles. The van der Waals surface area contributed by atoms with Gasteiger partial charge in [0.05, 0.1) is 20.8 Å². The van der Waals surface area contributed by atoms with Gasteiger partial charge in [-0.25, -0.2) is 0 Å². The molecule has 24 heavy (non-hydrogen) atoms. The Balaban J connectivity index is 1.89. The Morgan fingerprint density at radius 1 is 1.00 bits per heavy atom. The molecule has 2 aromatic carbocycles. The van der Waals surface area contributed by atoms with E-state index in [2.05, 4.69) is 17.4 Å². The second-order valence-electron chi connectivity index (χ2n) is 5.30. The summed E-state index contributed by atoms with van der Waals surface area (Å²) >= 11 is 6.33. The van der Waals surface area contributed by atoms with Gasteiger partial charge in [0.2, 0.25) is 0 Å². The molecule has 0 aliphatic heterocycles. The van der Waals surface area contributed by atoms with E-state index in [-0.39, 0.29) is 0 Å². The standard InChI is InChI=1S/C19H24ClNO3/c1-4-24-19-12-17(20)15(11-18(19)23-3)13-21-10-9-14-5-7-16(22-2)8-6-14/h5-8,11-12,21H,4,9-10,13H2,1-3H3. The van der Waals surface area contributed by atoms with Gasteiger partial charge in [-0.15, -0.1) is 0 Å². The van der Waals surface area contributed by atoms with Crippen LogP contribution in [0.4, 0.5) is 0 Å². The van der Waals surface area contributed by atoms with Crippen molar-refractivity contribution in [1.29, 1.82) is 0 Å². The highest BCUT2D eigenvalue weighted by atomic mass is 35.5. The molecule has 0 atom stereocenters. The van der Waals surface area contributed by atoms with Crippen LogP contribution in [-0.4, -0.2) is 27.4 Å². The topological polar surface area (TPSA) is 39.7 Å². The monoisotopic (exact) mass is 349 g/mol. The fraction of sp³-hybridized carbons (Fsp3) is 0.368. The van der Waals surface area contributed by atoms with Crippen molar-refractivity contribution in [3.05, 3.63) is 52.5 Å². The minimum atomic E-state index is 0.576. The SMILES string of the molecule is CCOc1cc(Cl)c(CNCCc2ccc(OC)cc2)cc1OC. The first-order chi connectivity index (χ1) is 11.7. The molecular formula is C19H24ClNO3. The molecule has 130 valence electrons. The van der Waals surface area contributed by atoms with E-state index in [0.29, 0.717) is 29.7 Å². The van der Waals surface area contributed by atoms with Crippen molar-refractivity contribution in [2.24, 2.45) is 0 Å². The first kappa shape index (κ1) is 18.4. The van der Waals surface area contributed by atoms with Crippen LogP contribution in [0.3, 0.4) is 0 Å². The van der Waals surface area contributed by atoms with Crippen LogP contribution in [0, 0.1) is 0 Å². The minimum absolute atomic E-state index is 0.576. The summed E-state index contributed by atoms with van der Waals surface area (Å²) in [6, 6.07) is 11.8. The predicted octanol–water partition coefficient (Wildman–Crippen LogP) is 4.09. The quantitative estimate of drug-likeness (QED) is 0.692. The third-order valence-electron chi connectivity index (χ3n) is 3.70. The summed E-state index contributed by atoms with van der Waals surface area (Å²) in [6.45, 7) is 4.05. The number of rotatable bonds is 9. The van der Waals surface area contributed by atoms with E-state index in [1.54, 1.807) is 14.2 Å². The molecule has 0 saturated heterocycles. The molecule has 0 amide bonds. The van der Waals surface area contributed by atoms with Crippen molar-refractivity contribution in [2.45, 2.75) is 19.9 Å². The Hall–Kier alpha value is -1.91. The van der Waals surface area contributed by atoms with Crippen LogP contribution in [0.5, 0.6) is 17.2 Å². The van der Waals surface area contributed by atoms with Crippen molar-refractivity contribution in [3.8, 4) is 17.2 Å². The van der Waals surface area contributed by atoms with E-state index in [0.717, 1.165) is 24.3 Å². The Morgan fingerprint density at radius 2 is 1.75 bits per heavy atom. The number of hydrogen-bond acceptors (Lipinski definition) is 4. The molecule has 0 unspecified atom stereocenters. The largest absolute Gasteiger partial charge is 0.497 e. The molecule has 0 radical (unpaired) electrons. The van der Waals surface area contributed by atoms with Gasteiger partial charge in [-0.2, -0.15) is 0 Å². The maximum Gasteiger partial charge on any atom is 0.162 e. The molecule has 0 bridgehead atoms. The molecule has 2 rings (SSSR count). The second kappa shape index (κ2) is 9.40. The van der Waals surface area contributed by atoms with Crippen molar-refractivity contribution >= 4 is 11.6 Å². The average Bonchev–Trinajstić information content (AvgIpc) is 2.61. The minimum Gasteiger partial charge on any atom is -0.497 e. The van der Waals surface area contributed by atoms with Crippen molar-refractivity contribution in [1.82, 2.24) is 5.32 Å². The molecule has 0 aliphatic carbocycles. The summed E-state index contributed by atoms with van der Waals surface area (Å²) in [4.78, 5) is 0. The van der Waals surface area contributed by atoms with Gasteiger partial charge >= 0.3 is 0 Å². The third-order valence-corrected chi connectivity index (χ3v) is 4.05. The number of methoxy groups -OCH3 is 2. The molecule has 0 aliphatic rings. The number of nitrogens with one attached hydrogen (secondary N) is 1. The van der Waals surface area contributed by atoms with Gasteiger partial charge in [-0.3, -0.25) is 0 Å². The first-order valence-corrected chi connectivity index (χ1v) is 8.38. The Kier molecular flexibility index (Phi) is 7.22. The van der Waals surface area contributed by atoms with E-state index in [1.165, 1.54) is 5.56 Å². The Labute approximate surface area is 148 Å². The average molecular weight is 350 g/mol. The van der Waals surface area contributed by atoms with Crippen molar-refractivity contribution in [3.63, 3.8) is 0 Å². The molecule has 0 saturated carbocycles. The normalized spacial score (nSPS) is 10.5. The zero-order valence-corrected chi connectivity index (χ0v) is 15.2. The van der Waals surface area contributed by atoms with Crippen LogP contribution in [0.2, 0.25) is 5.02 Å². The summed E-state index contributed by atoms with van der Waals surface area (Å²) < 4.78 is 16.1. The molecule has 0 aromatic heterocycles. The Morgan fingerprint density at radius 3 is 2.38 bits per heavy atom. The van der Waals surface area contributed by atoms with Crippen LogP contribution >= 0.6 is 11.6 Å². The van der Waals surface area contributed by atoms with Crippen molar-refractivity contribution in [2.75, 3.05) is 27.4 Å². The van der Waals surface area contributed by atoms with Gasteiger partial charge in [-0.05, 0) is 49.2 Å². The molecule has 4 nitrogen and oxygen atoms in total. The van der Waals surface area contributed by atoms with Crippen LogP contribution in [0.15, 0.2) is 36.4 Å². The fourth-order valence-corrected chi connectivity index (χ4v) is 2.61. The predicted molar refractivity (Wildman–Crippen MR) is 97.6 cm³/mol. The highest BCUT2D eigenvalue weighted by molar-refractivity contribution is 6.31. The van der Waals surface area contributed by atoms with Gasteiger partial charge in [0.1, 0.15) is 5.75 Å². The molecule has 5 heteroatoms. The summed E-state index contributed by atoms with van der Waals surface area (Å²) in [5, 5.41) is 4.09. The summed E-state index contributed by atoms with van der Waals surface area (Å²) in [5.74, 6) is 2.25. The highest BCUT2D eigenvalue weighted by Gasteiger charge is 2.10. The zero-order valence-electron chi connectivity index (χ0n) is 14.4. The second-order valence-corrected chi connectivity index (χ2v) is 5.71. The zero-order chi connectivity index (χ0) is 17.4. The maximum atomic E-state index is 6.33. The van der Waals surface area contributed by atoms with Crippen LogP contribution in [-0.2, 0) is 13.0 Å². The van der Waals surface area contributed by atoms with Crippen LogP contribution in [0.1, 0.15) is 18.1 Å². The van der Waals surface area contributed by atoms with Gasteiger partial charge < -0.3 is 19.5 Å². The lowest BCUT2D eigenvalue weighted by Gasteiger charge is -2.13. The van der Waals surface area contributed by atoms with Gasteiger partial charge in [0.15, 0.2) is 11.5 Å². The van der Waals surface area contributed by atoms with E-state index in [9.17, 15) is 0 Å². The van der Waals surface area contributed by atoms with Crippen molar-refractivity contribution < 1.29 is 14.2 Å². The number of ether oxygens (including phenoxy) is 3.